The molecule has 1 aromatic carbocycles. The van der Waals surface area contributed by atoms with Gasteiger partial charge in [0.15, 0.2) is 0 Å². The first-order chi connectivity index (χ1) is 13.9. The molecule has 8 heteroatoms. The third kappa shape index (κ3) is 5.45. The summed E-state index contributed by atoms with van der Waals surface area (Å²) in [5.41, 5.74) is 0.451. The van der Waals surface area contributed by atoms with E-state index in [4.69, 9.17) is 0 Å². The molecule has 7 nitrogen and oxygen atoms in total. The maximum atomic E-state index is 12.6. The summed E-state index contributed by atoms with van der Waals surface area (Å²) in [6.07, 6.45) is 8.54. The summed E-state index contributed by atoms with van der Waals surface area (Å²) in [5.74, 6) is 0.208. The number of nitrogens with zero attached hydrogens (tertiary/aromatic N) is 1. The van der Waals surface area contributed by atoms with Crippen LogP contribution in [0, 0.1) is 5.92 Å². The second kappa shape index (κ2) is 9.54. The standard InChI is InChI=1S/C21H29N3O4S/c1-2-20(25)23-18-14-24(15-18)29(27,28)19-10-8-17(9-11-19)21(26)22-13-12-16-6-4-3-5-7-16/h2,8-11,16,18H,1,3-7,12-15H2,(H,22,26)(H,23,25). The third-order valence-corrected chi connectivity index (χ3v) is 7.54. The summed E-state index contributed by atoms with van der Waals surface area (Å²) in [4.78, 5) is 23.7. The van der Waals surface area contributed by atoms with E-state index in [0.717, 1.165) is 12.5 Å². The highest BCUT2D eigenvalue weighted by Crippen LogP contribution is 2.26. The van der Waals surface area contributed by atoms with Crippen LogP contribution in [-0.4, -0.2) is 50.2 Å². The molecule has 0 bridgehead atoms. The fraction of sp³-hybridized carbons (Fsp3) is 0.524. The van der Waals surface area contributed by atoms with E-state index >= 15 is 0 Å². The number of hydrogen-bond donors (Lipinski definition) is 2. The molecular weight excluding hydrogens is 390 g/mol. The summed E-state index contributed by atoms with van der Waals surface area (Å²) in [7, 11) is -3.63. The molecule has 3 rings (SSSR count). The average molecular weight is 420 g/mol. The second-order valence-electron chi connectivity index (χ2n) is 7.80. The van der Waals surface area contributed by atoms with E-state index in [9.17, 15) is 18.0 Å². The van der Waals surface area contributed by atoms with Gasteiger partial charge in [-0.15, -0.1) is 0 Å². The molecule has 158 valence electrons. The number of sulfonamides is 1. The molecule has 1 aliphatic carbocycles. The Labute approximate surface area is 172 Å². The van der Waals surface area contributed by atoms with Crippen LogP contribution in [0.1, 0.15) is 48.9 Å². The van der Waals surface area contributed by atoms with Crippen molar-refractivity contribution >= 4 is 21.8 Å². The number of hydrogen-bond acceptors (Lipinski definition) is 4. The van der Waals surface area contributed by atoms with E-state index in [2.05, 4.69) is 17.2 Å². The van der Waals surface area contributed by atoms with Crippen LogP contribution in [0.3, 0.4) is 0 Å². The van der Waals surface area contributed by atoms with Crippen molar-refractivity contribution < 1.29 is 18.0 Å². The number of rotatable bonds is 8. The molecule has 1 aliphatic heterocycles. The van der Waals surface area contributed by atoms with Gasteiger partial charge in [-0.3, -0.25) is 9.59 Å². The van der Waals surface area contributed by atoms with E-state index in [0.29, 0.717) is 18.0 Å². The van der Waals surface area contributed by atoms with Crippen LogP contribution < -0.4 is 10.6 Å². The molecule has 2 fully saturated rings. The number of amides is 2. The lowest BCUT2D eigenvalue weighted by atomic mass is 9.87. The Kier molecular flexibility index (Phi) is 7.08. The lowest BCUT2D eigenvalue weighted by molar-refractivity contribution is -0.117. The van der Waals surface area contributed by atoms with Crippen LogP contribution in [0.5, 0.6) is 0 Å². The zero-order valence-corrected chi connectivity index (χ0v) is 17.4. The Hall–Kier alpha value is -2.19. The largest absolute Gasteiger partial charge is 0.352 e. The first kappa shape index (κ1) is 21.5. The van der Waals surface area contributed by atoms with Gasteiger partial charge in [-0.1, -0.05) is 38.7 Å². The van der Waals surface area contributed by atoms with Gasteiger partial charge < -0.3 is 10.6 Å². The summed E-state index contributed by atoms with van der Waals surface area (Å²) < 4.78 is 26.6. The molecule has 1 saturated carbocycles. The number of carbonyl (C=O) groups is 2. The van der Waals surface area contributed by atoms with Gasteiger partial charge in [-0.25, -0.2) is 8.42 Å². The van der Waals surface area contributed by atoms with E-state index < -0.39 is 10.0 Å². The quantitative estimate of drug-likeness (QED) is 0.631. The van der Waals surface area contributed by atoms with Crippen LogP contribution >= 0.6 is 0 Å². The van der Waals surface area contributed by atoms with Crippen molar-refractivity contribution in [3.05, 3.63) is 42.5 Å². The summed E-state index contributed by atoms with van der Waals surface area (Å²) in [5, 5.41) is 5.60. The minimum atomic E-state index is -3.63. The predicted octanol–water partition coefficient (Wildman–Crippen LogP) is 2.06. The van der Waals surface area contributed by atoms with Crippen LogP contribution in [0.25, 0.3) is 0 Å². The molecule has 29 heavy (non-hydrogen) atoms. The van der Waals surface area contributed by atoms with Gasteiger partial charge >= 0.3 is 0 Å². The third-order valence-electron chi connectivity index (χ3n) is 5.70. The van der Waals surface area contributed by atoms with Crippen LogP contribution in [0.2, 0.25) is 0 Å². The van der Waals surface area contributed by atoms with Crippen molar-refractivity contribution in [1.29, 1.82) is 0 Å². The molecule has 0 aromatic heterocycles. The minimum Gasteiger partial charge on any atom is -0.352 e. The Bertz CT molecular complexity index is 839. The topological polar surface area (TPSA) is 95.6 Å². The van der Waals surface area contributed by atoms with Gasteiger partial charge in [-0.05, 0) is 42.7 Å². The number of nitrogens with one attached hydrogen (secondary N) is 2. The molecule has 0 unspecified atom stereocenters. The zero-order valence-electron chi connectivity index (χ0n) is 16.6. The minimum absolute atomic E-state index is 0.143. The van der Waals surface area contributed by atoms with Crippen molar-refractivity contribution in [2.24, 2.45) is 5.92 Å². The highest BCUT2D eigenvalue weighted by Gasteiger charge is 2.37. The van der Waals surface area contributed by atoms with Crippen LogP contribution in [0.15, 0.2) is 41.8 Å². The normalized spacial score (nSPS) is 18.6. The molecule has 2 aliphatic rings. The summed E-state index contributed by atoms with van der Waals surface area (Å²) in [6.45, 7) is 4.48. The highest BCUT2D eigenvalue weighted by molar-refractivity contribution is 7.89. The lowest BCUT2D eigenvalue weighted by Crippen LogP contribution is -2.60. The van der Waals surface area contributed by atoms with Crippen LogP contribution in [0.4, 0.5) is 0 Å². The molecule has 1 heterocycles. The average Bonchev–Trinajstić information content (AvgIpc) is 2.70. The maximum absolute atomic E-state index is 12.6. The van der Waals surface area contributed by atoms with E-state index in [1.165, 1.54) is 48.5 Å². The number of carbonyl (C=O) groups excluding carboxylic acids is 2. The van der Waals surface area contributed by atoms with Crippen molar-refractivity contribution in [3.63, 3.8) is 0 Å². The molecule has 2 N–H and O–H groups in total. The van der Waals surface area contributed by atoms with Gasteiger partial charge in [0.05, 0.1) is 10.9 Å². The SMILES string of the molecule is C=CC(=O)NC1CN(S(=O)(=O)c2ccc(C(=O)NCCC3CCCCC3)cc2)C1. The fourth-order valence-corrected chi connectivity index (χ4v) is 5.41. The van der Waals surface area contributed by atoms with Gasteiger partial charge in [0.25, 0.3) is 5.91 Å². The Morgan fingerprint density at radius 3 is 2.38 bits per heavy atom. The van der Waals surface area contributed by atoms with E-state index in [1.807, 2.05) is 0 Å². The number of benzene rings is 1. The Morgan fingerprint density at radius 2 is 1.76 bits per heavy atom. The summed E-state index contributed by atoms with van der Waals surface area (Å²) >= 11 is 0. The molecule has 1 saturated heterocycles. The van der Waals surface area contributed by atoms with E-state index in [-0.39, 0.29) is 35.8 Å². The van der Waals surface area contributed by atoms with Crippen LogP contribution in [-0.2, 0) is 14.8 Å². The van der Waals surface area contributed by atoms with Crippen molar-refractivity contribution in [2.45, 2.75) is 49.5 Å². The molecule has 0 spiro atoms. The van der Waals surface area contributed by atoms with Crippen molar-refractivity contribution in [3.8, 4) is 0 Å². The Morgan fingerprint density at radius 1 is 1.10 bits per heavy atom. The monoisotopic (exact) mass is 419 g/mol. The fourth-order valence-electron chi connectivity index (χ4n) is 3.88. The molecular formula is C21H29N3O4S. The first-order valence-corrected chi connectivity index (χ1v) is 11.7. The zero-order chi connectivity index (χ0) is 20.9. The van der Waals surface area contributed by atoms with Gasteiger partial charge in [0, 0.05) is 25.2 Å². The first-order valence-electron chi connectivity index (χ1n) is 10.2. The molecule has 1 aromatic rings. The highest BCUT2D eigenvalue weighted by atomic mass is 32.2. The second-order valence-corrected chi connectivity index (χ2v) is 9.74. The van der Waals surface area contributed by atoms with Gasteiger partial charge in [-0.2, -0.15) is 4.31 Å². The molecule has 2 amide bonds. The van der Waals surface area contributed by atoms with Crippen molar-refractivity contribution in [1.82, 2.24) is 14.9 Å². The molecule has 0 radical (unpaired) electrons. The van der Waals surface area contributed by atoms with E-state index in [1.54, 1.807) is 12.1 Å². The molecule has 0 atom stereocenters. The predicted molar refractivity (Wildman–Crippen MR) is 111 cm³/mol. The lowest BCUT2D eigenvalue weighted by Gasteiger charge is -2.38. The summed E-state index contributed by atoms with van der Waals surface area (Å²) in [6, 6.07) is 5.80. The maximum Gasteiger partial charge on any atom is 0.251 e. The van der Waals surface area contributed by atoms with Crippen molar-refractivity contribution in [2.75, 3.05) is 19.6 Å². The smallest absolute Gasteiger partial charge is 0.251 e. The Balaban J connectivity index is 1.49. The van der Waals surface area contributed by atoms with Gasteiger partial charge in [0.2, 0.25) is 15.9 Å². The van der Waals surface area contributed by atoms with Gasteiger partial charge in [0.1, 0.15) is 0 Å².